The zero-order chi connectivity index (χ0) is 21.1. The topological polar surface area (TPSA) is 8.81 Å². The van der Waals surface area contributed by atoms with Crippen molar-refractivity contribution in [3.63, 3.8) is 0 Å². The molecular formula is C26H33N2S+. The Morgan fingerprint density at radius 1 is 0.966 bits per heavy atom. The molecule has 0 N–H and O–H groups in total. The number of hydrogen-bond acceptors (Lipinski definition) is 1. The molecule has 0 aliphatic carbocycles. The van der Waals surface area contributed by atoms with Crippen LogP contribution in [0.4, 0.5) is 0 Å². The Hall–Kier alpha value is -2.13. The van der Waals surface area contributed by atoms with E-state index < -0.39 is 0 Å². The van der Waals surface area contributed by atoms with Gasteiger partial charge in [0.1, 0.15) is 18.1 Å². The lowest BCUT2D eigenvalue weighted by Gasteiger charge is -2.22. The first-order chi connectivity index (χ1) is 13.6. The summed E-state index contributed by atoms with van der Waals surface area (Å²) in [6, 6.07) is 11.3. The molecule has 2 aromatic heterocycles. The van der Waals surface area contributed by atoms with Crippen molar-refractivity contribution in [3.8, 4) is 5.69 Å². The van der Waals surface area contributed by atoms with Crippen molar-refractivity contribution in [2.75, 3.05) is 0 Å². The van der Waals surface area contributed by atoms with Crippen LogP contribution in [0.2, 0.25) is 0 Å². The SMILES string of the molecule is CC(C)c1cc2c(sc3ccccc32)c(C(C)C)c1-n1cc[n+](C)c1C(C)(C)C. The molecular weight excluding hydrogens is 372 g/mol. The van der Waals surface area contributed by atoms with Crippen molar-refractivity contribution >= 4 is 31.5 Å². The summed E-state index contributed by atoms with van der Waals surface area (Å²) in [4.78, 5) is 0. The Morgan fingerprint density at radius 2 is 1.66 bits per heavy atom. The van der Waals surface area contributed by atoms with Gasteiger partial charge in [-0.3, -0.25) is 0 Å². The molecule has 3 heteroatoms. The van der Waals surface area contributed by atoms with Crippen LogP contribution in [0.5, 0.6) is 0 Å². The highest BCUT2D eigenvalue weighted by Crippen LogP contribution is 2.44. The normalized spacial score (nSPS) is 12.8. The summed E-state index contributed by atoms with van der Waals surface area (Å²) in [7, 11) is 2.17. The third-order valence-corrected chi connectivity index (χ3v) is 7.04. The molecule has 0 saturated carbocycles. The van der Waals surface area contributed by atoms with E-state index in [1.54, 1.807) is 0 Å². The van der Waals surface area contributed by atoms with Crippen LogP contribution in [-0.2, 0) is 12.5 Å². The van der Waals surface area contributed by atoms with Crippen molar-refractivity contribution in [1.29, 1.82) is 0 Å². The molecule has 0 amide bonds. The van der Waals surface area contributed by atoms with Gasteiger partial charge in [-0.1, -0.05) is 45.9 Å². The molecule has 2 aromatic carbocycles. The van der Waals surface area contributed by atoms with Crippen LogP contribution in [0.15, 0.2) is 42.7 Å². The summed E-state index contributed by atoms with van der Waals surface area (Å²) in [5.74, 6) is 2.23. The fourth-order valence-electron chi connectivity index (χ4n) is 4.69. The fourth-order valence-corrected chi connectivity index (χ4v) is 6.06. The van der Waals surface area contributed by atoms with Gasteiger partial charge >= 0.3 is 0 Å². The van der Waals surface area contributed by atoms with Gasteiger partial charge in [0.25, 0.3) is 5.82 Å². The van der Waals surface area contributed by atoms with E-state index in [9.17, 15) is 0 Å². The second kappa shape index (κ2) is 6.98. The van der Waals surface area contributed by atoms with Gasteiger partial charge in [0.05, 0.1) is 12.5 Å². The Kier molecular flexibility index (Phi) is 4.85. The molecule has 0 radical (unpaired) electrons. The van der Waals surface area contributed by atoms with Gasteiger partial charge in [-0.05, 0) is 44.7 Å². The third-order valence-electron chi connectivity index (χ3n) is 5.82. The summed E-state index contributed by atoms with van der Waals surface area (Å²) < 4.78 is 7.57. The molecule has 0 unspecified atom stereocenters. The van der Waals surface area contributed by atoms with Crippen LogP contribution < -0.4 is 4.57 Å². The molecule has 4 rings (SSSR count). The first-order valence-corrected chi connectivity index (χ1v) is 11.5. The van der Waals surface area contributed by atoms with E-state index in [-0.39, 0.29) is 5.41 Å². The van der Waals surface area contributed by atoms with Crippen LogP contribution in [0.3, 0.4) is 0 Å². The highest BCUT2D eigenvalue weighted by molar-refractivity contribution is 7.26. The molecule has 0 aliphatic heterocycles. The minimum Gasteiger partial charge on any atom is -0.236 e. The van der Waals surface area contributed by atoms with Crippen LogP contribution in [0.25, 0.3) is 25.9 Å². The maximum atomic E-state index is 2.47. The molecule has 0 saturated heterocycles. The van der Waals surface area contributed by atoms with E-state index in [0.717, 1.165) is 0 Å². The van der Waals surface area contributed by atoms with Crippen LogP contribution >= 0.6 is 11.3 Å². The van der Waals surface area contributed by atoms with E-state index in [2.05, 4.69) is 107 Å². The number of aryl methyl sites for hydroxylation is 1. The highest BCUT2D eigenvalue weighted by atomic mass is 32.1. The molecule has 0 aliphatic rings. The molecule has 2 nitrogen and oxygen atoms in total. The van der Waals surface area contributed by atoms with E-state index >= 15 is 0 Å². The Bertz CT molecular complexity index is 1200. The maximum absolute atomic E-state index is 2.47. The van der Waals surface area contributed by atoms with E-state index in [4.69, 9.17) is 0 Å². The van der Waals surface area contributed by atoms with Crippen molar-refractivity contribution in [2.24, 2.45) is 7.05 Å². The molecule has 29 heavy (non-hydrogen) atoms. The standard InChI is InChI=1S/C26H33N2S/c1-16(2)19-15-20-18-11-9-10-12-21(18)29-24(20)22(17(3)4)23(19)28-14-13-27(8)25(28)26(5,6)7/h9-17H,1-8H3/q+1. The summed E-state index contributed by atoms with van der Waals surface area (Å²) in [5, 5.41) is 2.80. The number of thiophene rings is 1. The summed E-state index contributed by atoms with van der Waals surface area (Å²) in [6.07, 6.45) is 4.46. The molecule has 0 atom stereocenters. The Balaban J connectivity index is 2.21. The van der Waals surface area contributed by atoms with Gasteiger partial charge in [-0.25, -0.2) is 4.57 Å². The van der Waals surface area contributed by atoms with Gasteiger partial charge in [-0.2, -0.15) is 4.57 Å². The quantitative estimate of drug-likeness (QED) is 0.318. The Labute approximate surface area is 178 Å². The minimum absolute atomic E-state index is 0.0515. The van der Waals surface area contributed by atoms with Crippen LogP contribution in [0.1, 0.15) is 77.3 Å². The lowest BCUT2D eigenvalue weighted by Crippen LogP contribution is -2.39. The number of benzene rings is 2. The van der Waals surface area contributed by atoms with Crippen molar-refractivity contribution in [3.05, 3.63) is 59.7 Å². The third kappa shape index (κ3) is 3.20. The molecule has 152 valence electrons. The van der Waals surface area contributed by atoms with Gasteiger partial charge in [-0.15, -0.1) is 11.3 Å². The zero-order valence-corrected chi connectivity index (χ0v) is 19.8. The smallest absolute Gasteiger partial charge is 0.236 e. The Morgan fingerprint density at radius 3 is 2.28 bits per heavy atom. The van der Waals surface area contributed by atoms with Gasteiger partial charge in [0.15, 0.2) is 0 Å². The van der Waals surface area contributed by atoms with Crippen molar-refractivity contribution in [2.45, 2.75) is 65.7 Å². The van der Waals surface area contributed by atoms with E-state index in [1.807, 2.05) is 11.3 Å². The number of imidazole rings is 1. The van der Waals surface area contributed by atoms with Gasteiger partial charge < -0.3 is 0 Å². The predicted octanol–water partition coefficient (Wildman–Crippen LogP) is 7.21. The highest BCUT2D eigenvalue weighted by Gasteiger charge is 2.33. The predicted molar refractivity (Wildman–Crippen MR) is 127 cm³/mol. The number of fused-ring (bicyclic) bond motifs is 3. The number of hydrogen-bond donors (Lipinski definition) is 0. The van der Waals surface area contributed by atoms with E-state index in [0.29, 0.717) is 11.8 Å². The van der Waals surface area contributed by atoms with Crippen molar-refractivity contribution in [1.82, 2.24) is 4.57 Å². The lowest BCUT2D eigenvalue weighted by atomic mass is 9.89. The molecule has 0 fully saturated rings. The summed E-state index contributed by atoms with van der Waals surface area (Å²) in [5.41, 5.74) is 4.36. The van der Waals surface area contributed by atoms with Gasteiger partial charge in [0, 0.05) is 31.3 Å². The van der Waals surface area contributed by atoms with Gasteiger partial charge in [0.2, 0.25) is 0 Å². The summed E-state index contributed by atoms with van der Waals surface area (Å²) in [6.45, 7) is 16.2. The van der Waals surface area contributed by atoms with Crippen LogP contribution in [-0.4, -0.2) is 4.57 Å². The fraction of sp³-hybridized carbons (Fsp3) is 0.423. The van der Waals surface area contributed by atoms with Crippen LogP contribution in [0, 0.1) is 0 Å². The molecule has 0 bridgehead atoms. The zero-order valence-electron chi connectivity index (χ0n) is 19.0. The lowest BCUT2D eigenvalue weighted by molar-refractivity contribution is -0.681. The van der Waals surface area contributed by atoms with E-state index in [1.165, 1.54) is 42.8 Å². The molecule has 0 spiro atoms. The first kappa shape index (κ1) is 20.2. The second-order valence-corrected chi connectivity index (χ2v) is 10.9. The monoisotopic (exact) mass is 405 g/mol. The second-order valence-electron chi connectivity index (χ2n) is 9.87. The first-order valence-electron chi connectivity index (χ1n) is 10.7. The average Bonchev–Trinajstić information content (AvgIpc) is 3.19. The summed E-state index contributed by atoms with van der Waals surface area (Å²) >= 11 is 1.95. The van der Waals surface area contributed by atoms with Crippen molar-refractivity contribution < 1.29 is 4.57 Å². The number of rotatable bonds is 3. The minimum atomic E-state index is 0.0515. The largest absolute Gasteiger partial charge is 0.266 e. The number of aromatic nitrogens is 2. The number of nitrogens with zero attached hydrogens (tertiary/aromatic N) is 2. The molecule has 2 heterocycles. The average molecular weight is 406 g/mol. The molecule has 4 aromatic rings. The maximum Gasteiger partial charge on any atom is 0.266 e.